The molecule has 0 saturated heterocycles. The van der Waals surface area contributed by atoms with Gasteiger partial charge in [-0.1, -0.05) is 31.1 Å². The highest BCUT2D eigenvalue weighted by Gasteiger charge is 2.14. The second-order valence-corrected chi connectivity index (χ2v) is 8.83. The zero-order valence-corrected chi connectivity index (χ0v) is 9.81. The van der Waals surface area contributed by atoms with Crippen LogP contribution < -0.4 is 0 Å². The molecular weight excluding hydrogens is 215 g/mol. The van der Waals surface area contributed by atoms with Gasteiger partial charge in [-0.2, -0.15) is 0 Å². The smallest absolute Gasteiger partial charge is 0.117 e. The van der Waals surface area contributed by atoms with E-state index in [0.717, 1.165) is 0 Å². The van der Waals surface area contributed by atoms with Crippen molar-refractivity contribution in [1.29, 1.82) is 0 Å². The maximum absolute atomic E-state index is 5.64. The van der Waals surface area contributed by atoms with Gasteiger partial charge in [0.1, 0.15) is 6.13 Å². The van der Waals surface area contributed by atoms with Crippen LogP contribution in [0.1, 0.15) is 32.1 Å². The topological polar surface area (TPSA) is 9.23 Å². The van der Waals surface area contributed by atoms with Crippen molar-refractivity contribution in [2.75, 3.05) is 0 Å². The second-order valence-electron chi connectivity index (χ2n) is 2.72. The van der Waals surface area contributed by atoms with Gasteiger partial charge in [0.05, 0.1) is 6.10 Å². The van der Waals surface area contributed by atoms with Crippen LogP contribution in [-0.4, -0.2) is 6.10 Å². The second kappa shape index (κ2) is 5.87. The summed E-state index contributed by atoms with van der Waals surface area (Å²) >= 11 is 9.13. The van der Waals surface area contributed by atoms with E-state index in [1.807, 2.05) is 0 Å². The quantitative estimate of drug-likeness (QED) is 0.450. The van der Waals surface area contributed by atoms with E-state index in [4.69, 9.17) is 16.3 Å². The zero-order chi connectivity index (χ0) is 8.10. The number of hydrogen-bond acceptors (Lipinski definition) is 4. The fourth-order valence-electron chi connectivity index (χ4n) is 1.34. The Morgan fingerprint density at radius 1 is 1.36 bits per heavy atom. The average Bonchev–Trinajstić information content (AvgIpc) is 2.06. The van der Waals surface area contributed by atoms with Crippen LogP contribution >= 0.6 is 28.2 Å². The molecule has 1 aliphatic rings. The summed E-state index contributed by atoms with van der Waals surface area (Å²) in [7, 11) is 1.41. The van der Waals surface area contributed by atoms with Gasteiger partial charge in [-0.05, 0) is 23.3 Å². The molecule has 0 aromatic heterocycles. The van der Waals surface area contributed by atoms with Crippen molar-refractivity contribution in [3.8, 4) is 0 Å². The van der Waals surface area contributed by atoms with Gasteiger partial charge >= 0.3 is 0 Å². The van der Waals surface area contributed by atoms with Crippen LogP contribution in [0.2, 0.25) is 0 Å². The Labute approximate surface area is 82.7 Å². The van der Waals surface area contributed by atoms with Crippen LogP contribution in [0.15, 0.2) is 0 Å². The maximum Gasteiger partial charge on any atom is 0.117 e. The third-order valence-corrected chi connectivity index (χ3v) is 6.94. The Hall–Kier alpha value is 1.31. The highest BCUT2D eigenvalue weighted by Crippen LogP contribution is 2.44. The van der Waals surface area contributed by atoms with Crippen molar-refractivity contribution in [3.63, 3.8) is 0 Å². The molecule has 0 bridgehead atoms. The monoisotopic (exact) mass is 228 g/mol. The van der Waals surface area contributed by atoms with E-state index in [1.54, 1.807) is 0 Å². The van der Waals surface area contributed by atoms with Crippen molar-refractivity contribution < 1.29 is 4.52 Å². The molecular formula is C6H13OPS3. The van der Waals surface area contributed by atoms with Gasteiger partial charge < -0.3 is 4.52 Å². The molecule has 0 aromatic rings. The SMILES string of the molecule is S=[PH](OC1CCCCC1)SS. The molecule has 66 valence electrons. The van der Waals surface area contributed by atoms with Crippen LogP contribution in [0.3, 0.4) is 0 Å². The van der Waals surface area contributed by atoms with E-state index in [9.17, 15) is 0 Å². The first-order valence-electron chi connectivity index (χ1n) is 3.85. The Kier molecular flexibility index (Phi) is 5.55. The molecule has 1 fully saturated rings. The van der Waals surface area contributed by atoms with Gasteiger partial charge in [0.25, 0.3) is 0 Å². The summed E-state index contributed by atoms with van der Waals surface area (Å²) in [4.78, 5) is 0. The summed E-state index contributed by atoms with van der Waals surface area (Å²) < 4.78 is 5.64. The Balaban J connectivity index is 2.19. The number of hydrogen-bond donors (Lipinski definition) is 1. The summed E-state index contributed by atoms with van der Waals surface area (Å²) in [5.41, 5.74) is 0. The van der Waals surface area contributed by atoms with Gasteiger partial charge in [0.15, 0.2) is 0 Å². The van der Waals surface area contributed by atoms with Crippen molar-refractivity contribution in [1.82, 2.24) is 0 Å². The Morgan fingerprint density at radius 2 is 2.00 bits per heavy atom. The van der Waals surface area contributed by atoms with Crippen molar-refractivity contribution in [2.24, 2.45) is 0 Å². The minimum Gasteiger partial charge on any atom is -0.340 e. The average molecular weight is 228 g/mol. The standard InChI is InChI=1S/C6H13OPS3/c9-8(11-10)7-6-4-2-1-3-5-6/h6,8,10H,1-5H2. The summed E-state index contributed by atoms with van der Waals surface area (Å²) in [5.74, 6) is 0. The molecule has 1 rings (SSSR count). The maximum atomic E-state index is 5.64. The van der Waals surface area contributed by atoms with Crippen molar-refractivity contribution in [3.05, 3.63) is 0 Å². The summed E-state index contributed by atoms with van der Waals surface area (Å²) in [6.45, 7) is 0. The van der Waals surface area contributed by atoms with E-state index in [-0.39, 0.29) is 0 Å². The molecule has 0 spiro atoms. The highest BCUT2D eigenvalue weighted by molar-refractivity contribution is 8.96. The molecule has 0 aromatic carbocycles. The number of rotatable bonds is 3. The number of thiol groups is 1. The normalized spacial score (nSPS) is 23.4. The molecule has 5 heteroatoms. The lowest BCUT2D eigenvalue weighted by atomic mass is 9.98. The van der Waals surface area contributed by atoms with E-state index in [2.05, 4.69) is 11.7 Å². The predicted molar refractivity (Wildman–Crippen MR) is 60.2 cm³/mol. The highest BCUT2D eigenvalue weighted by atomic mass is 33.4. The molecule has 1 nitrogen and oxygen atoms in total. The zero-order valence-electron chi connectivity index (χ0n) is 6.28. The molecule has 1 unspecified atom stereocenters. The lowest BCUT2D eigenvalue weighted by Crippen LogP contribution is -2.12. The third-order valence-electron chi connectivity index (χ3n) is 1.89. The summed E-state index contributed by atoms with van der Waals surface area (Å²) in [6, 6.07) is 0. The first-order chi connectivity index (χ1) is 5.33. The van der Waals surface area contributed by atoms with Gasteiger partial charge in [-0.25, -0.2) is 0 Å². The van der Waals surface area contributed by atoms with E-state index in [0.29, 0.717) is 6.10 Å². The lowest BCUT2D eigenvalue weighted by molar-refractivity contribution is 0.181. The fourth-order valence-corrected chi connectivity index (χ4v) is 3.22. The van der Waals surface area contributed by atoms with E-state index in [1.165, 1.54) is 42.5 Å². The van der Waals surface area contributed by atoms with Gasteiger partial charge in [-0.3, -0.25) is 0 Å². The van der Waals surface area contributed by atoms with Crippen LogP contribution in [0.4, 0.5) is 0 Å². The molecule has 1 saturated carbocycles. The largest absolute Gasteiger partial charge is 0.340 e. The summed E-state index contributed by atoms with van der Waals surface area (Å²) in [6.07, 6.45) is 5.80. The van der Waals surface area contributed by atoms with Crippen LogP contribution in [-0.2, 0) is 16.3 Å². The van der Waals surface area contributed by atoms with Gasteiger partial charge in [0.2, 0.25) is 0 Å². The molecule has 0 heterocycles. The molecule has 1 aliphatic carbocycles. The van der Waals surface area contributed by atoms with Crippen LogP contribution in [0.5, 0.6) is 0 Å². The molecule has 0 amide bonds. The first kappa shape index (κ1) is 10.4. The van der Waals surface area contributed by atoms with Crippen molar-refractivity contribution in [2.45, 2.75) is 38.2 Å². The third kappa shape index (κ3) is 4.18. The molecule has 0 N–H and O–H groups in total. The molecule has 1 atom stereocenters. The van der Waals surface area contributed by atoms with Gasteiger partial charge in [-0.15, -0.1) is 11.7 Å². The Bertz CT molecular complexity index is 136. The van der Waals surface area contributed by atoms with Crippen LogP contribution in [0.25, 0.3) is 0 Å². The van der Waals surface area contributed by atoms with Crippen molar-refractivity contribution >= 4 is 40.0 Å². The van der Waals surface area contributed by atoms with E-state index < -0.39 is 6.13 Å². The van der Waals surface area contributed by atoms with Gasteiger partial charge in [0, 0.05) is 0 Å². The lowest BCUT2D eigenvalue weighted by Gasteiger charge is -2.21. The van der Waals surface area contributed by atoms with E-state index >= 15 is 0 Å². The predicted octanol–water partition coefficient (Wildman–Crippen LogP) is 3.42. The summed E-state index contributed by atoms with van der Waals surface area (Å²) in [5, 5.41) is 0. The molecule has 0 aliphatic heterocycles. The molecule has 11 heavy (non-hydrogen) atoms. The minimum absolute atomic E-state index is 0.454. The fraction of sp³-hybridized carbons (Fsp3) is 1.00. The Morgan fingerprint density at radius 3 is 2.55 bits per heavy atom. The van der Waals surface area contributed by atoms with Crippen LogP contribution in [0, 0.1) is 0 Å². The molecule has 0 radical (unpaired) electrons. The first-order valence-corrected chi connectivity index (χ1v) is 8.98. The minimum atomic E-state index is -1.06.